The van der Waals surface area contributed by atoms with Gasteiger partial charge in [-0.1, -0.05) is 78.1 Å². The average molecular weight is 402 g/mol. The first-order valence-corrected chi connectivity index (χ1v) is 8.83. The average Bonchev–Trinajstić information content (AvgIpc) is 3.03. The van der Waals surface area contributed by atoms with Gasteiger partial charge in [-0.3, -0.25) is 0 Å². The molecule has 0 aliphatic heterocycles. The SMILES string of the molecule is C1CCCC1.CCCC1C(C)CC2CCCCC21.[CH3-].[CH3-].[CH3-].[CH3-].[Zr+4]. The molecule has 0 amide bonds. The van der Waals surface area contributed by atoms with Gasteiger partial charge in [0.15, 0.2) is 0 Å². The standard InChI is InChI=1S/C13H24.C5H10.4CH3.Zr/c1-3-6-12-10(2)9-11-7-4-5-8-13(11)12;1-2-4-5-3-1;;;;;/h10-13H,3-9H2,1-2H3;1-5H2;4*1H3;/q;;4*-1;+4. The molecule has 3 fully saturated rings. The fourth-order valence-electron chi connectivity index (χ4n) is 4.88. The van der Waals surface area contributed by atoms with Crippen molar-refractivity contribution < 1.29 is 26.2 Å². The van der Waals surface area contributed by atoms with Gasteiger partial charge in [0.1, 0.15) is 0 Å². The zero-order chi connectivity index (χ0) is 12.8. The fourth-order valence-corrected chi connectivity index (χ4v) is 4.88. The molecule has 0 nitrogen and oxygen atoms in total. The molecule has 0 aromatic heterocycles. The van der Waals surface area contributed by atoms with E-state index >= 15 is 0 Å². The summed E-state index contributed by atoms with van der Waals surface area (Å²) in [5.41, 5.74) is 0. The fraction of sp³-hybridized carbons (Fsp3) is 0.818. The second kappa shape index (κ2) is 17.7. The van der Waals surface area contributed by atoms with Crippen molar-refractivity contribution in [2.45, 2.75) is 90.9 Å². The van der Waals surface area contributed by atoms with Crippen molar-refractivity contribution in [2.24, 2.45) is 23.7 Å². The van der Waals surface area contributed by atoms with Crippen molar-refractivity contribution in [1.29, 1.82) is 0 Å². The first-order chi connectivity index (χ1) is 8.83. The Labute approximate surface area is 170 Å². The molecule has 3 aliphatic carbocycles. The van der Waals surface area contributed by atoms with E-state index < -0.39 is 0 Å². The van der Waals surface area contributed by atoms with Gasteiger partial charge in [0, 0.05) is 0 Å². The Morgan fingerprint density at radius 3 is 1.70 bits per heavy atom. The summed E-state index contributed by atoms with van der Waals surface area (Å²) in [6, 6.07) is 0. The summed E-state index contributed by atoms with van der Waals surface area (Å²) in [5, 5.41) is 0. The van der Waals surface area contributed by atoms with Crippen molar-refractivity contribution in [1.82, 2.24) is 0 Å². The molecule has 0 saturated heterocycles. The van der Waals surface area contributed by atoms with Gasteiger partial charge >= 0.3 is 26.2 Å². The van der Waals surface area contributed by atoms with E-state index in [2.05, 4.69) is 13.8 Å². The van der Waals surface area contributed by atoms with E-state index in [1.807, 2.05) is 0 Å². The van der Waals surface area contributed by atoms with Gasteiger partial charge < -0.3 is 29.7 Å². The Balaban J connectivity index is -0.000000159. The van der Waals surface area contributed by atoms with Crippen LogP contribution in [0.25, 0.3) is 0 Å². The van der Waals surface area contributed by atoms with Crippen molar-refractivity contribution in [3.05, 3.63) is 29.7 Å². The molecule has 0 bridgehead atoms. The van der Waals surface area contributed by atoms with Crippen LogP contribution in [0.2, 0.25) is 0 Å². The number of fused-ring (bicyclic) bond motifs is 1. The number of hydrogen-bond donors (Lipinski definition) is 0. The molecule has 0 aromatic rings. The van der Waals surface area contributed by atoms with Gasteiger partial charge in [0.25, 0.3) is 0 Å². The number of rotatable bonds is 2. The molecule has 0 N–H and O–H groups in total. The number of hydrogen-bond acceptors (Lipinski definition) is 0. The predicted molar refractivity (Wildman–Crippen MR) is 106 cm³/mol. The smallest absolute Gasteiger partial charge is 0.358 e. The maximum atomic E-state index is 2.50. The third-order valence-corrected chi connectivity index (χ3v) is 5.80. The summed E-state index contributed by atoms with van der Waals surface area (Å²) < 4.78 is 0. The van der Waals surface area contributed by atoms with E-state index in [4.69, 9.17) is 0 Å². The summed E-state index contributed by atoms with van der Waals surface area (Å²) in [6.07, 6.45) is 18.1. The third kappa shape index (κ3) is 9.82. The molecule has 0 heterocycles. The third-order valence-electron chi connectivity index (χ3n) is 5.80. The Kier molecular flexibility index (Phi) is 24.3. The van der Waals surface area contributed by atoms with Crippen LogP contribution in [0.5, 0.6) is 0 Å². The van der Waals surface area contributed by atoms with E-state index in [-0.39, 0.29) is 55.9 Å². The van der Waals surface area contributed by atoms with Gasteiger partial charge in [-0.15, -0.1) is 0 Å². The maximum Gasteiger partial charge on any atom is 4.00 e. The summed E-state index contributed by atoms with van der Waals surface area (Å²) in [6.45, 7) is 4.85. The zero-order valence-electron chi connectivity index (χ0n) is 17.3. The molecule has 4 unspecified atom stereocenters. The summed E-state index contributed by atoms with van der Waals surface area (Å²) in [7, 11) is 0. The van der Waals surface area contributed by atoms with Crippen LogP contribution in [0.3, 0.4) is 0 Å². The second-order valence-electron chi connectivity index (χ2n) is 7.14. The molecule has 3 saturated carbocycles. The monoisotopic (exact) mass is 400 g/mol. The molecule has 0 radical (unpaired) electrons. The zero-order valence-corrected chi connectivity index (χ0v) is 19.8. The van der Waals surface area contributed by atoms with Gasteiger partial charge in [-0.05, 0) is 36.5 Å². The van der Waals surface area contributed by atoms with Crippen LogP contribution in [-0.2, 0) is 26.2 Å². The Bertz CT molecular complexity index is 212. The molecular formula is C22H46Zr. The second-order valence-corrected chi connectivity index (χ2v) is 7.14. The van der Waals surface area contributed by atoms with Crippen LogP contribution in [0.15, 0.2) is 0 Å². The Hall–Kier alpha value is 0.883. The Morgan fingerprint density at radius 2 is 1.22 bits per heavy atom. The van der Waals surface area contributed by atoms with E-state index in [9.17, 15) is 0 Å². The predicted octanol–water partition coefficient (Wildman–Crippen LogP) is 8.00. The van der Waals surface area contributed by atoms with Crippen molar-refractivity contribution in [2.75, 3.05) is 0 Å². The molecular weight excluding hydrogens is 355 g/mol. The van der Waals surface area contributed by atoms with Crippen LogP contribution in [-0.4, -0.2) is 0 Å². The minimum atomic E-state index is 0. The van der Waals surface area contributed by atoms with Gasteiger partial charge in [-0.25, -0.2) is 0 Å². The van der Waals surface area contributed by atoms with Crippen LogP contribution < -0.4 is 0 Å². The van der Waals surface area contributed by atoms with Gasteiger partial charge in [0.05, 0.1) is 0 Å². The molecule has 0 aromatic carbocycles. The Morgan fingerprint density at radius 1 is 0.739 bits per heavy atom. The first kappa shape index (κ1) is 31.6. The first-order valence-electron chi connectivity index (χ1n) is 8.83. The van der Waals surface area contributed by atoms with E-state index in [1.165, 1.54) is 57.8 Å². The van der Waals surface area contributed by atoms with Gasteiger partial charge in [0.2, 0.25) is 0 Å². The summed E-state index contributed by atoms with van der Waals surface area (Å²) >= 11 is 0. The van der Waals surface area contributed by atoms with Crippen molar-refractivity contribution >= 4 is 0 Å². The van der Waals surface area contributed by atoms with Crippen molar-refractivity contribution in [3.8, 4) is 0 Å². The van der Waals surface area contributed by atoms with Gasteiger partial charge in [-0.2, -0.15) is 0 Å². The largest absolute Gasteiger partial charge is 4.00 e. The molecule has 0 spiro atoms. The topological polar surface area (TPSA) is 0 Å². The quantitative estimate of drug-likeness (QED) is 0.411. The van der Waals surface area contributed by atoms with E-state index in [1.54, 1.807) is 19.3 Å². The minimum absolute atomic E-state index is 0. The minimum Gasteiger partial charge on any atom is -0.358 e. The molecule has 23 heavy (non-hydrogen) atoms. The van der Waals surface area contributed by atoms with Crippen LogP contribution in [0.4, 0.5) is 0 Å². The normalized spacial score (nSPS) is 30.5. The molecule has 3 rings (SSSR count). The van der Waals surface area contributed by atoms with E-state index in [0.717, 1.165) is 23.7 Å². The molecule has 3 aliphatic rings. The van der Waals surface area contributed by atoms with Crippen LogP contribution >= 0.6 is 0 Å². The van der Waals surface area contributed by atoms with Crippen LogP contribution in [0, 0.1) is 53.4 Å². The molecule has 4 atom stereocenters. The summed E-state index contributed by atoms with van der Waals surface area (Å²) in [5.74, 6) is 4.38. The molecule has 1 heteroatoms. The molecule has 138 valence electrons. The van der Waals surface area contributed by atoms with Crippen molar-refractivity contribution in [3.63, 3.8) is 0 Å². The maximum absolute atomic E-state index is 2.50. The summed E-state index contributed by atoms with van der Waals surface area (Å²) in [4.78, 5) is 0. The van der Waals surface area contributed by atoms with E-state index in [0.29, 0.717) is 0 Å². The van der Waals surface area contributed by atoms with Crippen LogP contribution in [0.1, 0.15) is 90.9 Å².